The number of piperazine rings is 1. The van der Waals surface area contributed by atoms with Gasteiger partial charge in [-0.2, -0.15) is 0 Å². The largest absolute Gasteiger partial charge is 0.461 e. The molecule has 4 nitrogen and oxygen atoms in total. The maximum Gasteiger partial charge on any atom is 0.134 e. The van der Waals surface area contributed by atoms with Crippen molar-refractivity contribution in [2.75, 3.05) is 33.3 Å². The summed E-state index contributed by atoms with van der Waals surface area (Å²) in [4.78, 5) is 4.83. The Balaban J connectivity index is 1.62. The molecule has 2 heterocycles. The first-order valence-corrected chi connectivity index (χ1v) is 8.35. The second-order valence-corrected chi connectivity index (χ2v) is 6.49. The van der Waals surface area contributed by atoms with Gasteiger partial charge in [0.2, 0.25) is 0 Å². The number of likely N-dealkylation sites (N-methyl/N-ethyl adjacent to an activating group) is 1. The van der Waals surface area contributed by atoms with Crippen molar-refractivity contribution in [1.82, 2.24) is 9.80 Å². The second-order valence-electron chi connectivity index (χ2n) is 6.49. The summed E-state index contributed by atoms with van der Waals surface area (Å²) in [6.07, 6.45) is 0.851. The van der Waals surface area contributed by atoms with Crippen molar-refractivity contribution >= 4 is 0 Å². The first-order chi connectivity index (χ1) is 11.2. The van der Waals surface area contributed by atoms with Gasteiger partial charge in [-0.1, -0.05) is 24.3 Å². The third kappa shape index (κ3) is 4.02. The second kappa shape index (κ2) is 7.30. The minimum absolute atomic E-state index is 0.264. The molecule has 1 N–H and O–H groups in total. The topological polar surface area (TPSA) is 39.9 Å². The van der Waals surface area contributed by atoms with Crippen molar-refractivity contribution in [3.05, 3.63) is 47.7 Å². The quantitative estimate of drug-likeness (QED) is 0.921. The van der Waals surface area contributed by atoms with Crippen molar-refractivity contribution < 1.29 is 9.52 Å². The number of furan rings is 1. The van der Waals surface area contributed by atoms with Crippen LogP contribution in [0.25, 0.3) is 11.3 Å². The monoisotopic (exact) mass is 314 g/mol. The summed E-state index contributed by atoms with van der Waals surface area (Å²) in [5, 5.41) is 9.20. The Morgan fingerprint density at radius 3 is 2.57 bits per heavy atom. The zero-order valence-electron chi connectivity index (χ0n) is 14.0. The molecule has 1 aromatic heterocycles. The van der Waals surface area contributed by atoms with Gasteiger partial charge in [0.25, 0.3) is 0 Å². The van der Waals surface area contributed by atoms with Gasteiger partial charge in [0.15, 0.2) is 0 Å². The van der Waals surface area contributed by atoms with Gasteiger partial charge in [-0.15, -0.1) is 0 Å². The fraction of sp³-hybridized carbons (Fsp3) is 0.474. The molecule has 0 bridgehead atoms. The van der Waals surface area contributed by atoms with Gasteiger partial charge in [-0.05, 0) is 38.1 Å². The van der Waals surface area contributed by atoms with Crippen LogP contribution in [0.2, 0.25) is 0 Å². The Kier molecular flexibility index (Phi) is 5.16. The fourth-order valence-corrected chi connectivity index (χ4v) is 3.24. The van der Waals surface area contributed by atoms with E-state index in [2.05, 4.69) is 41.1 Å². The average molecular weight is 314 g/mol. The van der Waals surface area contributed by atoms with Crippen LogP contribution < -0.4 is 0 Å². The molecule has 0 unspecified atom stereocenters. The van der Waals surface area contributed by atoms with Crippen LogP contribution in [0.1, 0.15) is 17.7 Å². The van der Waals surface area contributed by atoms with Gasteiger partial charge in [-0.25, -0.2) is 0 Å². The van der Waals surface area contributed by atoms with Crippen LogP contribution in [0.4, 0.5) is 0 Å². The lowest BCUT2D eigenvalue weighted by Gasteiger charge is -2.39. The Labute approximate surface area is 138 Å². The van der Waals surface area contributed by atoms with Crippen molar-refractivity contribution in [3.63, 3.8) is 0 Å². The molecule has 2 aromatic rings. The number of benzene rings is 1. The van der Waals surface area contributed by atoms with Crippen LogP contribution in [0.3, 0.4) is 0 Å². The summed E-state index contributed by atoms with van der Waals surface area (Å²) in [6, 6.07) is 13.1. The number of hydrogen-bond donors (Lipinski definition) is 1. The molecule has 1 atom stereocenters. The van der Waals surface area contributed by atoms with Crippen LogP contribution in [0.5, 0.6) is 0 Å². The number of rotatable bonds is 5. The Morgan fingerprint density at radius 1 is 1.13 bits per heavy atom. The molecule has 3 rings (SSSR count). The Morgan fingerprint density at radius 2 is 1.91 bits per heavy atom. The predicted molar refractivity (Wildman–Crippen MR) is 92.3 cm³/mol. The van der Waals surface area contributed by atoms with E-state index in [1.54, 1.807) is 0 Å². The molecule has 0 amide bonds. The molecule has 0 spiro atoms. The van der Waals surface area contributed by atoms with E-state index in [1.807, 2.05) is 19.1 Å². The molecule has 0 saturated carbocycles. The molecule has 1 saturated heterocycles. The molecule has 0 radical (unpaired) electrons. The van der Waals surface area contributed by atoms with E-state index in [-0.39, 0.29) is 6.61 Å². The van der Waals surface area contributed by atoms with Crippen molar-refractivity contribution in [3.8, 4) is 11.3 Å². The molecular formula is C19H26N2O2. The number of aliphatic hydroxyl groups excluding tert-OH is 1. The normalized spacial score (nSPS) is 20.0. The van der Waals surface area contributed by atoms with Gasteiger partial charge in [-0.3, -0.25) is 4.90 Å². The van der Waals surface area contributed by atoms with E-state index >= 15 is 0 Å². The smallest absolute Gasteiger partial charge is 0.134 e. The molecule has 0 aliphatic carbocycles. The molecule has 1 aromatic carbocycles. The van der Waals surface area contributed by atoms with Gasteiger partial charge in [0.1, 0.15) is 11.5 Å². The van der Waals surface area contributed by atoms with E-state index < -0.39 is 0 Å². The van der Waals surface area contributed by atoms with Crippen LogP contribution in [-0.2, 0) is 6.54 Å². The lowest BCUT2D eigenvalue weighted by molar-refractivity contribution is 0.0743. The lowest BCUT2D eigenvalue weighted by atomic mass is 10.1. The number of hydrogen-bond acceptors (Lipinski definition) is 4. The Hall–Kier alpha value is -1.62. The zero-order chi connectivity index (χ0) is 16.2. The highest BCUT2D eigenvalue weighted by Crippen LogP contribution is 2.23. The summed E-state index contributed by atoms with van der Waals surface area (Å²) in [7, 11) is 2.15. The number of aryl methyl sites for hydroxylation is 1. The van der Waals surface area contributed by atoms with Crippen LogP contribution >= 0.6 is 0 Å². The molecule has 23 heavy (non-hydrogen) atoms. The number of nitrogens with zero attached hydrogens (tertiary/aromatic N) is 2. The van der Waals surface area contributed by atoms with Crippen LogP contribution in [-0.4, -0.2) is 54.2 Å². The molecular weight excluding hydrogens is 288 g/mol. The van der Waals surface area contributed by atoms with Gasteiger partial charge in [0, 0.05) is 44.4 Å². The maximum absolute atomic E-state index is 9.20. The molecule has 124 valence electrons. The predicted octanol–water partition coefficient (Wildman–Crippen LogP) is 2.75. The molecule has 1 fully saturated rings. The van der Waals surface area contributed by atoms with Crippen molar-refractivity contribution in [2.45, 2.75) is 25.9 Å². The molecule has 1 aliphatic heterocycles. The number of aliphatic hydroxyl groups is 1. The fourth-order valence-electron chi connectivity index (χ4n) is 3.24. The average Bonchev–Trinajstić information content (AvgIpc) is 2.98. The highest BCUT2D eigenvalue weighted by molar-refractivity contribution is 5.57. The van der Waals surface area contributed by atoms with Gasteiger partial charge < -0.3 is 14.4 Å². The summed E-state index contributed by atoms with van der Waals surface area (Å²) in [5.74, 6) is 1.87. The van der Waals surface area contributed by atoms with Crippen molar-refractivity contribution in [1.29, 1.82) is 0 Å². The van der Waals surface area contributed by atoms with Gasteiger partial charge >= 0.3 is 0 Å². The van der Waals surface area contributed by atoms with Crippen LogP contribution in [0, 0.1) is 6.92 Å². The van der Waals surface area contributed by atoms with E-state index in [4.69, 9.17) is 4.42 Å². The van der Waals surface area contributed by atoms with Crippen LogP contribution in [0.15, 0.2) is 40.8 Å². The first kappa shape index (κ1) is 16.2. The van der Waals surface area contributed by atoms with E-state index in [1.165, 1.54) is 5.56 Å². The zero-order valence-corrected chi connectivity index (χ0v) is 14.0. The molecule has 1 aliphatic rings. The standard InChI is InChI=1S/C19H26N2O2/c1-15-3-8-19(23-15)17-6-4-16(5-7-17)13-21-11-10-20(2)18(14-21)9-12-22/h3-8,18,22H,9-14H2,1-2H3/t18-/m1/s1. The summed E-state index contributed by atoms with van der Waals surface area (Å²) < 4.78 is 5.67. The summed E-state index contributed by atoms with van der Waals surface area (Å²) in [6.45, 7) is 6.36. The van der Waals surface area contributed by atoms with Crippen molar-refractivity contribution in [2.24, 2.45) is 0 Å². The minimum atomic E-state index is 0.264. The molecule has 4 heteroatoms. The first-order valence-electron chi connectivity index (χ1n) is 8.35. The lowest BCUT2D eigenvalue weighted by Crippen LogP contribution is -2.51. The van der Waals surface area contributed by atoms with E-state index in [9.17, 15) is 5.11 Å². The van der Waals surface area contributed by atoms with Gasteiger partial charge in [0.05, 0.1) is 0 Å². The summed E-state index contributed by atoms with van der Waals surface area (Å²) in [5.41, 5.74) is 2.45. The highest BCUT2D eigenvalue weighted by Gasteiger charge is 2.23. The third-order valence-corrected chi connectivity index (χ3v) is 4.71. The summed E-state index contributed by atoms with van der Waals surface area (Å²) >= 11 is 0. The SMILES string of the molecule is Cc1ccc(-c2ccc(CN3CCN(C)[C@H](CCO)C3)cc2)o1. The van der Waals surface area contributed by atoms with E-state index in [0.717, 1.165) is 49.7 Å². The van der Waals surface area contributed by atoms with E-state index in [0.29, 0.717) is 6.04 Å². The maximum atomic E-state index is 9.20. The highest BCUT2D eigenvalue weighted by atomic mass is 16.3. The third-order valence-electron chi connectivity index (χ3n) is 4.71. The Bertz CT molecular complexity index is 621. The minimum Gasteiger partial charge on any atom is -0.461 e.